The maximum absolute atomic E-state index is 13.5. The summed E-state index contributed by atoms with van der Waals surface area (Å²) in [6.07, 6.45) is 3.37. The minimum absolute atomic E-state index is 0.0918. The second-order valence-electron chi connectivity index (χ2n) is 6.49. The van der Waals surface area contributed by atoms with Crippen molar-refractivity contribution in [1.82, 2.24) is 14.9 Å². The molecule has 0 spiro atoms. The van der Waals surface area contributed by atoms with Gasteiger partial charge in [-0.05, 0) is 45.4 Å². The summed E-state index contributed by atoms with van der Waals surface area (Å²) in [5.74, 6) is 0.918. The first kappa shape index (κ1) is 14.5. The highest BCUT2D eigenvalue weighted by Gasteiger charge is 2.39. The van der Waals surface area contributed by atoms with Gasteiger partial charge in [-0.3, -0.25) is 0 Å². The summed E-state index contributed by atoms with van der Waals surface area (Å²) in [5, 5.41) is 3.49. The van der Waals surface area contributed by atoms with E-state index in [2.05, 4.69) is 30.7 Å². The van der Waals surface area contributed by atoms with Crippen LogP contribution in [0.25, 0.3) is 11.0 Å². The topological polar surface area (TPSA) is 29.9 Å². The van der Waals surface area contributed by atoms with E-state index in [0.717, 1.165) is 49.2 Å². The van der Waals surface area contributed by atoms with E-state index in [1.807, 2.05) is 6.07 Å². The Labute approximate surface area is 125 Å². The van der Waals surface area contributed by atoms with Crippen LogP contribution in [0.5, 0.6) is 0 Å². The molecule has 1 unspecified atom stereocenters. The molecule has 3 rings (SSSR count). The van der Waals surface area contributed by atoms with Crippen LogP contribution in [0.3, 0.4) is 0 Å². The van der Waals surface area contributed by atoms with E-state index < -0.39 is 0 Å². The van der Waals surface area contributed by atoms with E-state index in [9.17, 15) is 4.39 Å². The zero-order valence-electron chi connectivity index (χ0n) is 13.1. The van der Waals surface area contributed by atoms with Gasteiger partial charge in [0.15, 0.2) is 0 Å². The van der Waals surface area contributed by atoms with E-state index >= 15 is 0 Å². The summed E-state index contributed by atoms with van der Waals surface area (Å²) < 4.78 is 15.8. The van der Waals surface area contributed by atoms with Crippen molar-refractivity contribution in [2.24, 2.45) is 0 Å². The molecule has 1 aromatic carbocycles. The minimum atomic E-state index is -0.212. The van der Waals surface area contributed by atoms with E-state index in [1.165, 1.54) is 6.07 Å². The standard InChI is InChI=1S/C17H24FN3/c1-4-7-17(8-9-19-11-17)16-20-14-10-13(18)5-6-15(14)21(16)12(2)3/h5-6,10,12,19H,4,7-9,11H2,1-3H3. The predicted molar refractivity (Wildman–Crippen MR) is 84.1 cm³/mol. The summed E-state index contributed by atoms with van der Waals surface area (Å²) in [6.45, 7) is 8.59. The normalized spacial score (nSPS) is 22.5. The molecule has 1 aliphatic heterocycles. The van der Waals surface area contributed by atoms with Gasteiger partial charge < -0.3 is 9.88 Å². The predicted octanol–water partition coefficient (Wildman–Crippen LogP) is 3.79. The number of imidazole rings is 1. The Morgan fingerprint density at radius 2 is 2.24 bits per heavy atom. The quantitative estimate of drug-likeness (QED) is 0.928. The van der Waals surface area contributed by atoms with Crippen LogP contribution in [0.15, 0.2) is 18.2 Å². The largest absolute Gasteiger partial charge is 0.325 e. The van der Waals surface area contributed by atoms with E-state index in [-0.39, 0.29) is 11.2 Å². The molecule has 21 heavy (non-hydrogen) atoms. The Balaban J connectivity index is 2.23. The summed E-state index contributed by atoms with van der Waals surface area (Å²) in [4.78, 5) is 4.85. The zero-order chi connectivity index (χ0) is 15.0. The van der Waals surface area contributed by atoms with Crippen molar-refractivity contribution in [3.63, 3.8) is 0 Å². The highest BCUT2D eigenvalue weighted by atomic mass is 19.1. The molecule has 0 bridgehead atoms. The fourth-order valence-electron chi connectivity index (χ4n) is 3.71. The van der Waals surface area contributed by atoms with Gasteiger partial charge in [0.2, 0.25) is 0 Å². The lowest BCUT2D eigenvalue weighted by Crippen LogP contribution is -2.33. The number of aromatic nitrogens is 2. The van der Waals surface area contributed by atoms with Gasteiger partial charge in [0.05, 0.1) is 11.0 Å². The molecule has 1 N–H and O–H groups in total. The lowest BCUT2D eigenvalue weighted by molar-refractivity contribution is 0.376. The first-order chi connectivity index (χ1) is 10.1. The van der Waals surface area contributed by atoms with Gasteiger partial charge in [0.25, 0.3) is 0 Å². The first-order valence-corrected chi connectivity index (χ1v) is 7.96. The zero-order valence-corrected chi connectivity index (χ0v) is 13.1. The maximum Gasteiger partial charge on any atom is 0.125 e. The molecule has 2 aromatic rings. The third kappa shape index (κ3) is 2.35. The molecular formula is C17H24FN3. The van der Waals surface area contributed by atoms with Crippen molar-refractivity contribution >= 4 is 11.0 Å². The second kappa shape index (κ2) is 5.41. The number of fused-ring (bicyclic) bond motifs is 1. The lowest BCUT2D eigenvalue weighted by atomic mass is 9.81. The van der Waals surface area contributed by atoms with E-state index in [0.29, 0.717) is 6.04 Å². The number of benzene rings is 1. The summed E-state index contributed by atoms with van der Waals surface area (Å²) in [6, 6.07) is 5.28. The van der Waals surface area contributed by atoms with Crippen LogP contribution in [0.1, 0.15) is 51.9 Å². The minimum Gasteiger partial charge on any atom is -0.325 e. The van der Waals surface area contributed by atoms with Crippen LogP contribution in [0.2, 0.25) is 0 Å². The fraction of sp³-hybridized carbons (Fsp3) is 0.588. The Bertz CT molecular complexity index is 639. The van der Waals surface area contributed by atoms with Crippen LogP contribution in [-0.4, -0.2) is 22.6 Å². The van der Waals surface area contributed by atoms with Crippen LogP contribution < -0.4 is 5.32 Å². The molecule has 0 amide bonds. The van der Waals surface area contributed by atoms with E-state index in [4.69, 9.17) is 4.98 Å². The molecule has 0 aliphatic carbocycles. The number of hydrogen-bond acceptors (Lipinski definition) is 2. The van der Waals surface area contributed by atoms with Crippen molar-refractivity contribution < 1.29 is 4.39 Å². The van der Waals surface area contributed by atoms with Gasteiger partial charge in [-0.25, -0.2) is 9.37 Å². The van der Waals surface area contributed by atoms with Gasteiger partial charge in [0.1, 0.15) is 11.6 Å². The van der Waals surface area contributed by atoms with Crippen LogP contribution in [0.4, 0.5) is 4.39 Å². The van der Waals surface area contributed by atoms with Crippen LogP contribution >= 0.6 is 0 Å². The van der Waals surface area contributed by atoms with E-state index in [1.54, 1.807) is 6.07 Å². The summed E-state index contributed by atoms with van der Waals surface area (Å²) in [5.41, 5.74) is 1.92. The Morgan fingerprint density at radius 1 is 1.43 bits per heavy atom. The van der Waals surface area contributed by atoms with Gasteiger partial charge in [0, 0.05) is 24.1 Å². The van der Waals surface area contributed by atoms with Gasteiger partial charge >= 0.3 is 0 Å². The fourth-order valence-corrected chi connectivity index (χ4v) is 3.71. The number of rotatable bonds is 4. The molecule has 3 nitrogen and oxygen atoms in total. The highest BCUT2D eigenvalue weighted by Crippen LogP contribution is 2.38. The molecule has 1 aromatic heterocycles. The number of nitrogens with one attached hydrogen (secondary N) is 1. The maximum atomic E-state index is 13.5. The molecule has 114 valence electrons. The van der Waals surface area contributed by atoms with Gasteiger partial charge in [-0.15, -0.1) is 0 Å². The summed E-state index contributed by atoms with van der Waals surface area (Å²) >= 11 is 0. The third-order valence-electron chi connectivity index (χ3n) is 4.61. The summed E-state index contributed by atoms with van der Waals surface area (Å²) in [7, 11) is 0. The molecule has 0 radical (unpaired) electrons. The lowest BCUT2D eigenvalue weighted by Gasteiger charge is -2.29. The average molecular weight is 289 g/mol. The third-order valence-corrected chi connectivity index (χ3v) is 4.61. The highest BCUT2D eigenvalue weighted by molar-refractivity contribution is 5.76. The number of halogens is 1. The molecule has 4 heteroatoms. The van der Waals surface area contributed by atoms with Crippen molar-refractivity contribution in [3.8, 4) is 0 Å². The number of hydrogen-bond donors (Lipinski definition) is 1. The molecule has 1 fully saturated rings. The van der Waals surface area contributed by atoms with Crippen LogP contribution in [-0.2, 0) is 5.41 Å². The molecular weight excluding hydrogens is 265 g/mol. The van der Waals surface area contributed by atoms with Crippen LogP contribution in [0, 0.1) is 5.82 Å². The Morgan fingerprint density at radius 3 is 2.86 bits per heavy atom. The van der Waals surface area contributed by atoms with Crippen molar-refractivity contribution in [3.05, 3.63) is 29.8 Å². The molecule has 1 aliphatic rings. The molecule has 1 saturated heterocycles. The Kier molecular flexibility index (Phi) is 3.74. The first-order valence-electron chi connectivity index (χ1n) is 7.96. The Hall–Kier alpha value is -1.42. The van der Waals surface area contributed by atoms with Crippen molar-refractivity contribution in [1.29, 1.82) is 0 Å². The monoisotopic (exact) mass is 289 g/mol. The average Bonchev–Trinajstić information content (AvgIpc) is 3.03. The number of nitrogens with zero attached hydrogens (tertiary/aromatic N) is 2. The smallest absolute Gasteiger partial charge is 0.125 e. The van der Waals surface area contributed by atoms with Crippen molar-refractivity contribution in [2.45, 2.75) is 51.5 Å². The van der Waals surface area contributed by atoms with Gasteiger partial charge in [-0.2, -0.15) is 0 Å². The molecule has 2 heterocycles. The molecule has 0 saturated carbocycles. The molecule has 1 atom stereocenters. The second-order valence-corrected chi connectivity index (χ2v) is 6.49. The SMILES string of the molecule is CCCC1(c2nc3cc(F)ccc3n2C(C)C)CCNC1. The van der Waals surface area contributed by atoms with Crippen molar-refractivity contribution in [2.75, 3.05) is 13.1 Å². The van der Waals surface area contributed by atoms with Gasteiger partial charge in [-0.1, -0.05) is 13.3 Å².